The number of thiophene rings is 1. The minimum atomic E-state index is -0.106. The van der Waals surface area contributed by atoms with Crippen molar-refractivity contribution in [2.45, 2.75) is 6.92 Å². The predicted octanol–water partition coefficient (Wildman–Crippen LogP) is 1.94. The SMILES string of the molecule is CCN(CCO)C(=O)c1sc2ccccc2c1N. The fourth-order valence-electron chi connectivity index (χ4n) is 1.89. The number of benzene rings is 1. The first-order chi connectivity index (χ1) is 8.69. The van der Waals surface area contributed by atoms with Gasteiger partial charge in [-0.05, 0) is 13.0 Å². The van der Waals surface area contributed by atoms with Gasteiger partial charge < -0.3 is 15.7 Å². The van der Waals surface area contributed by atoms with Crippen molar-refractivity contribution in [2.24, 2.45) is 0 Å². The standard InChI is InChI=1S/C13H16N2O2S/c1-2-15(7-8-16)13(17)12-11(14)9-5-3-4-6-10(9)18-12/h3-6,16H,2,7-8,14H2,1H3. The number of aliphatic hydroxyl groups is 1. The highest BCUT2D eigenvalue weighted by Crippen LogP contribution is 2.34. The number of amides is 1. The van der Waals surface area contributed by atoms with Gasteiger partial charge in [0, 0.05) is 23.2 Å². The monoisotopic (exact) mass is 264 g/mol. The Morgan fingerprint density at radius 1 is 1.44 bits per heavy atom. The van der Waals surface area contributed by atoms with Gasteiger partial charge in [-0.15, -0.1) is 11.3 Å². The van der Waals surface area contributed by atoms with Gasteiger partial charge >= 0.3 is 0 Å². The van der Waals surface area contributed by atoms with Crippen molar-refractivity contribution in [3.05, 3.63) is 29.1 Å². The summed E-state index contributed by atoms with van der Waals surface area (Å²) < 4.78 is 1.01. The van der Waals surface area contributed by atoms with Crippen LogP contribution in [0.1, 0.15) is 16.6 Å². The average molecular weight is 264 g/mol. The van der Waals surface area contributed by atoms with E-state index in [4.69, 9.17) is 10.8 Å². The van der Waals surface area contributed by atoms with E-state index in [1.807, 2.05) is 31.2 Å². The van der Waals surface area contributed by atoms with Crippen molar-refractivity contribution in [1.29, 1.82) is 0 Å². The molecule has 0 aliphatic heterocycles. The molecule has 0 saturated heterocycles. The second-order valence-electron chi connectivity index (χ2n) is 3.95. The molecule has 1 aromatic heterocycles. The average Bonchev–Trinajstić information content (AvgIpc) is 2.73. The van der Waals surface area contributed by atoms with E-state index in [2.05, 4.69) is 0 Å². The summed E-state index contributed by atoms with van der Waals surface area (Å²) >= 11 is 1.40. The number of anilines is 1. The smallest absolute Gasteiger partial charge is 0.266 e. The molecule has 0 bridgehead atoms. The van der Waals surface area contributed by atoms with Gasteiger partial charge in [-0.25, -0.2) is 0 Å². The highest BCUT2D eigenvalue weighted by Gasteiger charge is 2.20. The van der Waals surface area contributed by atoms with Crippen molar-refractivity contribution >= 4 is 33.0 Å². The molecule has 2 aromatic rings. The van der Waals surface area contributed by atoms with Crippen LogP contribution in [0.15, 0.2) is 24.3 Å². The number of nitrogens with two attached hydrogens (primary N) is 1. The Labute approximate surface area is 110 Å². The van der Waals surface area contributed by atoms with Crippen LogP contribution in [0.25, 0.3) is 10.1 Å². The Morgan fingerprint density at radius 3 is 2.78 bits per heavy atom. The van der Waals surface area contributed by atoms with Crippen LogP contribution < -0.4 is 5.73 Å². The third kappa shape index (κ3) is 2.19. The summed E-state index contributed by atoms with van der Waals surface area (Å²) in [6.07, 6.45) is 0. The number of rotatable bonds is 4. The Hall–Kier alpha value is -1.59. The van der Waals surface area contributed by atoms with Crippen molar-refractivity contribution in [2.75, 3.05) is 25.4 Å². The number of likely N-dealkylation sites (N-methyl/N-ethyl adjacent to an activating group) is 1. The molecule has 1 heterocycles. The summed E-state index contributed by atoms with van der Waals surface area (Å²) in [7, 11) is 0. The first-order valence-electron chi connectivity index (χ1n) is 5.86. The van der Waals surface area contributed by atoms with Crippen molar-refractivity contribution in [3.63, 3.8) is 0 Å². The third-order valence-corrected chi connectivity index (χ3v) is 4.04. The van der Waals surface area contributed by atoms with Gasteiger partial charge in [-0.1, -0.05) is 18.2 Å². The van der Waals surface area contributed by atoms with Crippen LogP contribution in [0.2, 0.25) is 0 Å². The lowest BCUT2D eigenvalue weighted by atomic mass is 10.2. The molecule has 0 aliphatic carbocycles. The normalized spacial score (nSPS) is 10.8. The van der Waals surface area contributed by atoms with Crippen LogP contribution in [0.5, 0.6) is 0 Å². The summed E-state index contributed by atoms with van der Waals surface area (Å²) in [5.74, 6) is -0.106. The van der Waals surface area contributed by atoms with Crippen molar-refractivity contribution in [3.8, 4) is 0 Å². The van der Waals surface area contributed by atoms with Gasteiger partial charge in [0.1, 0.15) is 4.88 Å². The van der Waals surface area contributed by atoms with Gasteiger partial charge in [0.2, 0.25) is 0 Å². The molecule has 1 amide bonds. The Morgan fingerprint density at radius 2 is 2.17 bits per heavy atom. The summed E-state index contributed by atoms with van der Waals surface area (Å²) in [5.41, 5.74) is 6.57. The van der Waals surface area contributed by atoms with E-state index in [1.54, 1.807) is 4.90 Å². The number of carbonyl (C=O) groups excluding carboxylic acids is 1. The molecule has 4 nitrogen and oxygen atoms in total. The molecule has 0 saturated carbocycles. The van der Waals surface area contributed by atoms with E-state index < -0.39 is 0 Å². The fourth-order valence-corrected chi connectivity index (χ4v) is 2.98. The van der Waals surface area contributed by atoms with Crippen LogP contribution >= 0.6 is 11.3 Å². The van der Waals surface area contributed by atoms with Gasteiger partial charge in [-0.2, -0.15) is 0 Å². The molecule has 3 N–H and O–H groups in total. The Kier molecular flexibility index (Phi) is 3.84. The largest absolute Gasteiger partial charge is 0.397 e. The lowest BCUT2D eigenvalue weighted by Gasteiger charge is -2.18. The van der Waals surface area contributed by atoms with Crippen LogP contribution in [0.4, 0.5) is 5.69 Å². The highest BCUT2D eigenvalue weighted by atomic mass is 32.1. The molecule has 0 atom stereocenters. The maximum Gasteiger partial charge on any atom is 0.266 e. The summed E-state index contributed by atoms with van der Waals surface area (Å²) in [4.78, 5) is 14.5. The second kappa shape index (κ2) is 5.37. The maximum atomic E-state index is 12.3. The first-order valence-corrected chi connectivity index (χ1v) is 6.67. The van der Waals surface area contributed by atoms with Crippen LogP contribution in [-0.2, 0) is 0 Å². The van der Waals surface area contributed by atoms with Gasteiger partial charge in [0.15, 0.2) is 0 Å². The van der Waals surface area contributed by atoms with Crippen LogP contribution in [0, 0.1) is 0 Å². The van der Waals surface area contributed by atoms with Gasteiger partial charge in [0.25, 0.3) is 5.91 Å². The Bertz CT molecular complexity index is 565. The number of nitrogen functional groups attached to an aromatic ring is 1. The lowest BCUT2D eigenvalue weighted by Crippen LogP contribution is -2.33. The molecule has 0 unspecified atom stereocenters. The zero-order valence-electron chi connectivity index (χ0n) is 10.2. The molecule has 0 radical (unpaired) electrons. The van der Waals surface area contributed by atoms with E-state index in [9.17, 15) is 4.79 Å². The summed E-state index contributed by atoms with van der Waals surface area (Å²) in [6.45, 7) is 2.75. The minimum absolute atomic E-state index is 0.0373. The third-order valence-electron chi connectivity index (χ3n) is 2.87. The zero-order valence-corrected chi connectivity index (χ0v) is 11.0. The number of hydrogen-bond donors (Lipinski definition) is 2. The molecule has 0 fully saturated rings. The molecule has 0 spiro atoms. The van der Waals surface area contributed by atoms with Crippen molar-refractivity contribution in [1.82, 2.24) is 4.90 Å². The molecular weight excluding hydrogens is 248 g/mol. The van der Waals surface area contributed by atoms with Gasteiger partial charge in [-0.3, -0.25) is 4.79 Å². The quantitative estimate of drug-likeness (QED) is 0.887. The van der Waals surface area contributed by atoms with E-state index in [0.717, 1.165) is 10.1 Å². The van der Waals surface area contributed by atoms with E-state index in [1.165, 1.54) is 11.3 Å². The zero-order chi connectivity index (χ0) is 13.1. The maximum absolute atomic E-state index is 12.3. The summed E-state index contributed by atoms with van der Waals surface area (Å²) in [5, 5.41) is 9.87. The number of nitrogens with zero attached hydrogens (tertiary/aromatic N) is 1. The molecule has 2 rings (SSSR count). The van der Waals surface area contributed by atoms with E-state index in [0.29, 0.717) is 23.7 Å². The Balaban J connectivity index is 2.41. The predicted molar refractivity (Wildman–Crippen MR) is 74.9 cm³/mol. The molecular formula is C13H16N2O2S. The topological polar surface area (TPSA) is 66.6 Å². The molecule has 0 aliphatic rings. The fraction of sp³-hybridized carbons (Fsp3) is 0.308. The molecule has 5 heteroatoms. The lowest BCUT2D eigenvalue weighted by molar-refractivity contribution is 0.0738. The number of carbonyl (C=O) groups is 1. The number of hydrogen-bond acceptors (Lipinski definition) is 4. The van der Waals surface area contributed by atoms with E-state index in [-0.39, 0.29) is 12.5 Å². The number of aliphatic hydroxyl groups excluding tert-OH is 1. The number of fused-ring (bicyclic) bond motifs is 1. The first kappa shape index (κ1) is 12.9. The van der Waals surface area contributed by atoms with Gasteiger partial charge in [0.05, 0.1) is 12.3 Å². The molecule has 18 heavy (non-hydrogen) atoms. The molecule has 1 aromatic carbocycles. The minimum Gasteiger partial charge on any atom is -0.397 e. The van der Waals surface area contributed by atoms with Crippen LogP contribution in [-0.4, -0.2) is 35.6 Å². The summed E-state index contributed by atoms with van der Waals surface area (Å²) in [6, 6.07) is 7.71. The van der Waals surface area contributed by atoms with E-state index >= 15 is 0 Å². The van der Waals surface area contributed by atoms with Crippen molar-refractivity contribution < 1.29 is 9.90 Å². The molecule has 96 valence electrons. The second-order valence-corrected chi connectivity index (χ2v) is 5.00. The van der Waals surface area contributed by atoms with Crippen LogP contribution in [0.3, 0.4) is 0 Å². The highest BCUT2D eigenvalue weighted by molar-refractivity contribution is 7.21.